The molecule has 3 N–H and O–H groups in total. The van der Waals surface area contributed by atoms with Crippen LogP contribution in [0.5, 0.6) is 0 Å². The van der Waals surface area contributed by atoms with Crippen LogP contribution in [0.1, 0.15) is 17.2 Å². The Kier molecular flexibility index (Phi) is 3.50. The molecule has 0 amide bonds. The second kappa shape index (κ2) is 4.92. The van der Waals surface area contributed by atoms with Crippen molar-refractivity contribution >= 4 is 17.3 Å². The first-order valence-electron chi connectivity index (χ1n) is 5.17. The zero-order valence-electron chi connectivity index (χ0n) is 9.20. The lowest BCUT2D eigenvalue weighted by Gasteiger charge is -2.14. The summed E-state index contributed by atoms with van der Waals surface area (Å²) < 4.78 is 26.3. The number of aliphatic hydroxyl groups excluding tert-OH is 1. The van der Waals surface area contributed by atoms with Crippen molar-refractivity contribution in [3.63, 3.8) is 0 Å². The van der Waals surface area contributed by atoms with E-state index < -0.39 is 17.7 Å². The van der Waals surface area contributed by atoms with Gasteiger partial charge in [-0.05, 0) is 18.2 Å². The minimum Gasteiger partial charge on any atom is -0.398 e. The fourth-order valence-electron chi connectivity index (χ4n) is 1.69. The Morgan fingerprint density at radius 2 is 1.72 bits per heavy atom. The molecule has 1 unspecified atom stereocenters. The van der Waals surface area contributed by atoms with Gasteiger partial charge in [0.05, 0.1) is 0 Å². The maximum Gasteiger partial charge on any atom is 0.132 e. The fraction of sp³-hybridized carbons (Fsp3) is 0.0769. The van der Waals surface area contributed by atoms with Gasteiger partial charge in [0.2, 0.25) is 0 Å². The van der Waals surface area contributed by atoms with E-state index in [0.717, 1.165) is 6.07 Å². The van der Waals surface area contributed by atoms with Gasteiger partial charge in [0, 0.05) is 27.9 Å². The number of benzene rings is 2. The van der Waals surface area contributed by atoms with E-state index in [-0.39, 0.29) is 11.3 Å². The van der Waals surface area contributed by atoms with Crippen LogP contribution in [0.25, 0.3) is 0 Å². The summed E-state index contributed by atoms with van der Waals surface area (Å²) in [7, 11) is 0. The van der Waals surface area contributed by atoms with Crippen molar-refractivity contribution in [3.05, 3.63) is 64.2 Å². The third kappa shape index (κ3) is 2.44. The number of nitrogen functional groups attached to an aromatic ring is 1. The third-order valence-electron chi connectivity index (χ3n) is 2.60. The predicted octanol–water partition coefficient (Wildman–Crippen LogP) is 3.28. The number of anilines is 1. The first-order chi connectivity index (χ1) is 8.49. The number of rotatable bonds is 2. The molecule has 0 aliphatic carbocycles. The lowest BCUT2D eigenvalue weighted by Crippen LogP contribution is -2.06. The number of hydrogen-bond donors (Lipinski definition) is 2. The summed E-state index contributed by atoms with van der Waals surface area (Å²) in [5, 5.41) is 10.5. The van der Waals surface area contributed by atoms with Gasteiger partial charge < -0.3 is 10.8 Å². The zero-order chi connectivity index (χ0) is 13.3. The van der Waals surface area contributed by atoms with Crippen molar-refractivity contribution in [3.8, 4) is 0 Å². The molecule has 0 bridgehead atoms. The Bertz CT molecular complexity index is 538. The normalized spacial score (nSPS) is 12.4. The number of aliphatic hydroxyl groups is 1. The molecule has 18 heavy (non-hydrogen) atoms. The van der Waals surface area contributed by atoms with Crippen molar-refractivity contribution in [2.75, 3.05) is 5.73 Å². The fourth-order valence-corrected chi connectivity index (χ4v) is 1.87. The second-order valence-electron chi connectivity index (χ2n) is 3.84. The summed E-state index contributed by atoms with van der Waals surface area (Å²) in [4.78, 5) is 0. The van der Waals surface area contributed by atoms with Gasteiger partial charge in [0.25, 0.3) is 0 Å². The first-order valence-corrected chi connectivity index (χ1v) is 5.55. The van der Waals surface area contributed by atoms with Crippen molar-refractivity contribution in [2.24, 2.45) is 0 Å². The molecule has 2 nitrogen and oxygen atoms in total. The maximum atomic E-state index is 13.5. The van der Waals surface area contributed by atoms with Crippen molar-refractivity contribution in [1.29, 1.82) is 0 Å². The summed E-state index contributed by atoms with van der Waals surface area (Å²) in [6.07, 6.45) is -1.26. The highest BCUT2D eigenvalue weighted by atomic mass is 35.5. The summed E-state index contributed by atoms with van der Waals surface area (Å²) in [5.74, 6) is -1.52. The van der Waals surface area contributed by atoms with E-state index >= 15 is 0 Å². The van der Waals surface area contributed by atoms with Crippen LogP contribution >= 0.6 is 11.6 Å². The SMILES string of the molecule is Nc1cc(Cl)ccc1C(O)c1ccc(F)cc1F. The Morgan fingerprint density at radius 3 is 2.33 bits per heavy atom. The summed E-state index contributed by atoms with van der Waals surface area (Å²) >= 11 is 5.73. The Balaban J connectivity index is 2.44. The molecular formula is C13H10ClF2NO. The highest BCUT2D eigenvalue weighted by molar-refractivity contribution is 6.30. The van der Waals surface area contributed by atoms with Crippen LogP contribution in [0.4, 0.5) is 14.5 Å². The number of nitrogens with two attached hydrogens (primary N) is 1. The third-order valence-corrected chi connectivity index (χ3v) is 2.84. The van der Waals surface area contributed by atoms with Crippen molar-refractivity contribution < 1.29 is 13.9 Å². The molecule has 0 fully saturated rings. The number of hydrogen-bond acceptors (Lipinski definition) is 2. The van der Waals surface area contributed by atoms with Crippen molar-refractivity contribution in [1.82, 2.24) is 0 Å². The monoisotopic (exact) mass is 269 g/mol. The van der Waals surface area contributed by atoms with E-state index in [1.807, 2.05) is 0 Å². The average Bonchev–Trinajstić information content (AvgIpc) is 2.28. The average molecular weight is 270 g/mol. The van der Waals surface area contributed by atoms with Gasteiger partial charge >= 0.3 is 0 Å². The molecule has 0 heterocycles. The zero-order valence-corrected chi connectivity index (χ0v) is 9.96. The van der Waals surface area contributed by atoms with Crippen LogP contribution in [0.3, 0.4) is 0 Å². The predicted molar refractivity (Wildman–Crippen MR) is 66.3 cm³/mol. The van der Waals surface area contributed by atoms with Crippen LogP contribution in [0, 0.1) is 11.6 Å². The van der Waals surface area contributed by atoms with E-state index in [1.165, 1.54) is 24.3 Å². The van der Waals surface area contributed by atoms with Crippen molar-refractivity contribution in [2.45, 2.75) is 6.10 Å². The molecule has 5 heteroatoms. The van der Waals surface area contributed by atoms with Gasteiger partial charge in [-0.3, -0.25) is 0 Å². The summed E-state index contributed by atoms with van der Waals surface area (Å²) in [5.41, 5.74) is 6.23. The molecule has 2 rings (SSSR count). The van der Waals surface area contributed by atoms with Gasteiger partial charge in [0.1, 0.15) is 17.7 Å². The highest BCUT2D eigenvalue weighted by Gasteiger charge is 2.17. The molecule has 2 aromatic carbocycles. The van der Waals surface area contributed by atoms with E-state index in [9.17, 15) is 13.9 Å². The lowest BCUT2D eigenvalue weighted by molar-refractivity contribution is 0.215. The molecule has 94 valence electrons. The smallest absolute Gasteiger partial charge is 0.132 e. The first kappa shape index (κ1) is 12.8. The highest BCUT2D eigenvalue weighted by Crippen LogP contribution is 2.30. The topological polar surface area (TPSA) is 46.2 Å². The molecule has 2 aromatic rings. The molecule has 0 saturated carbocycles. The Labute approximate surface area is 108 Å². The van der Waals surface area contributed by atoms with E-state index in [0.29, 0.717) is 16.7 Å². The molecular weight excluding hydrogens is 260 g/mol. The summed E-state index contributed by atoms with van der Waals surface area (Å²) in [6, 6.07) is 7.48. The van der Waals surface area contributed by atoms with E-state index in [1.54, 1.807) is 0 Å². The van der Waals surface area contributed by atoms with Crippen LogP contribution < -0.4 is 5.73 Å². The largest absolute Gasteiger partial charge is 0.398 e. The van der Waals surface area contributed by atoms with Gasteiger partial charge in [-0.1, -0.05) is 23.7 Å². The quantitative estimate of drug-likeness (QED) is 0.822. The standard InChI is InChI=1S/C13H10ClF2NO/c14-7-1-3-10(12(17)5-7)13(18)9-4-2-8(15)6-11(9)16/h1-6,13,18H,17H2. The molecule has 0 radical (unpaired) electrons. The lowest BCUT2D eigenvalue weighted by atomic mass is 9.99. The van der Waals surface area contributed by atoms with Gasteiger partial charge in [0.15, 0.2) is 0 Å². The molecule has 0 aliphatic rings. The second-order valence-corrected chi connectivity index (χ2v) is 4.28. The maximum absolute atomic E-state index is 13.5. The van der Waals surface area contributed by atoms with Gasteiger partial charge in [-0.2, -0.15) is 0 Å². The Morgan fingerprint density at radius 1 is 1.06 bits per heavy atom. The van der Waals surface area contributed by atoms with E-state index in [2.05, 4.69) is 0 Å². The van der Waals surface area contributed by atoms with E-state index in [4.69, 9.17) is 17.3 Å². The van der Waals surface area contributed by atoms with Crippen LogP contribution in [-0.4, -0.2) is 5.11 Å². The minimum atomic E-state index is -1.26. The van der Waals surface area contributed by atoms with Crippen LogP contribution in [-0.2, 0) is 0 Å². The van der Waals surface area contributed by atoms with Gasteiger partial charge in [-0.25, -0.2) is 8.78 Å². The van der Waals surface area contributed by atoms with Crippen LogP contribution in [0.15, 0.2) is 36.4 Å². The number of halogens is 3. The Hall–Kier alpha value is -1.65. The molecule has 0 saturated heterocycles. The van der Waals surface area contributed by atoms with Gasteiger partial charge in [-0.15, -0.1) is 0 Å². The molecule has 0 spiro atoms. The summed E-state index contributed by atoms with van der Waals surface area (Å²) in [6.45, 7) is 0. The molecule has 0 aromatic heterocycles. The molecule has 0 aliphatic heterocycles. The molecule has 1 atom stereocenters. The minimum absolute atomic E-state index is 0.0366. The van der Waals surface area contributed by atoms with Crippen LogP contribution in [0.2, 0.25) is 5.02 Å².